The number of benzene rings is 1. The van der Waals surface area contributed by atoms with Crippen LogP contribution in [0.25, 0.3) is 0 Å². The third-order valence-electron chi connectivity index (χ3n) is 5.31. The Kier molecular flexibility index (Phi) is 3.33. The van der Waals surface area contributed by atoms with E-state index in [0.717, 1.165) is 25.2 Å². The van der Waals surface area contributed by atoms with Crippen molar-refractivity contribution in [3.63, 3.8) is 0 Å². The van der Waals surface area contributed by atoms with Crippen LogP contribution in [0.3, 0.4) is 0 Å². The fraction of sp³-hybridized carbons (Fsp3) is 0.625. The zero-order valence-corrected chi connectivity index (χ0v) is 12.3. The van der Waals surface area contributed by atoms with E-state index in [0.29, 0.717) is 11.8 Å². The highest BCUT2D eigenvalue weighted by Crippen LogP contribution is 2.44. The molecule has 1 aromatic carbocycles. The highest BCUT2D eigenvalue weighted by atomic mass is 19.2. The third kappa shape index (κ3) is 2.06. The maximum atomic E-state index is 13.4. The Bertz CT molecular complexity index is 515. The molecule has 0 radical (unpaired) electrons. The van der Waals surface area contributed by atoms with E-state index in [4.69, 9.17) is 0 Å². The Morgan fingerprint density at radius 2 is 2.00 bits per heavy atom. The van der Waals surface area contributed by atoms with Gasteiger partial charge < -0.3 is 5.32 Å². The first-order valence-electron chi connectivity index (χ1n) is 7.33. The third-order valence-corrected chi connectivity index (χ3v) is 5.31. The Balaban J connectivity index is 1.87. The fourth-order valence-electron chi connectivity index (χ4n) is 4.06. The van der Waals surface area contributed by atoms with E-state index in [1.165, 1.54) is 12.1 Å². The van der Waals surface area contributed by atoms with E-state index in [9.17, 15) is 8.78 Å². The van der Waals surface area contributed by atoms with Crippen molar-refractivity contribution in [1.29, 1.82) is 0 Å². The van der Waals surface area contributed by atoms with Gasteiger partial charge in [-0.2, -0.15) is 0 Å². The Morgan fingerprint density at radius 3 is 2.65 bits per heavy atom. The van der Waals surface area contributed by atoms with Crippen LogP contribution in [0, 0.1) is 23.5 Å². The predicted molar refractivity (Wildman–Crippen MR) is 75.4 cm³/mol. The molecule has 3 atom stereocenters. The Labute approximate surface area is 119 Å². The summed E-state index contributed by atoms with van der Waals surface area (Å²) in [5.41, 5.74) is 0.934. The molecule has 2 fully saturated rings. The molecule has 2 aliphatic heterocycles. The molecule has 20 heavy (non-hydrogen) atoms. The standard InChI is InChI=1S/C16H22F2N2/c1-10(11-4-5-14(17)15(18)6-11)20-9-12-7-19-8-13(12)16(20,2)3/h4-6,10,12-13,19H,7-9H2,1-3H3. The molecule has 3 rings (SSSR count). The maximum absolute atomic E-state index is 13.4. The number of halogens is 2. The predicted octanol–water partition coefficient (Wildman–Crippen LogP) is 2.96. The van der Waals surface area contributed by atoms with Crippen molar-refractivity contribution >= 4 is 0 Å². The highest BCUT2D eigenvalue weighted by Gasteiger charge is 2.50. The van der Waals surface area contributed by atoms with Gasteiger partial charge in [-0.15, -0.1) is 0 Å². The molecule has 0 spiro atoms. The van der Waals surface area contributed by atoms with Gasteiger partial charge in [0.05, 0.1) is 0 Å². The number of nitrogens with one attached hydrogen (secondary N) is 1. The van der Waals surface area contributed by atoms with Gasteiger partial charge in [0.25, 0.3) is 0 Å². The summed E-state index contributed by atoms with van der Waals surface area (Å²) in [5.74, 6) is -0.232. The molecular formula is C16H22F2N2. The molecule has 0 bridgehead atoms. The van der Waals surface area contributed by atoms with Gasteiger partial charge in [-0.25, -0.2) is 8.78 Å². The van der Waals surface area contributed by atoms with E-state index in [-0.39, 0.29) is 11.6 Å². The highest BCUT2D eigenvalue weighted by molar-refractivity contribution is 5.22. The molecule has 0 aliphatic carbocycles. The average molecular weight is 280 g/mol. The first-order valence-corrected chi connectivity index (χ1v) is 7.33. The molecule has 2 saturated heterocycles. The zero-order chi connectivity index (χ0) is 14.5. The molecule has 2 aliphatic rings. The van der Waals surface area contributed by atoms with Gasteiger partial charge >= 0.3 is 0 Å². The van der Waals surface area contributed by atoms with E-state index in [2.05, 4.69) is 31.0 Å². The summed E-state index contributed by atoms with van der Waals surface area (Å²) in [6.07, 6.45) is 0. The maximum Gasteiger partial charge on any atom is 0.159 e. The number of hydrogen-bond acceptors (Lipinski definition) is 2. The number of rotatable bonds is 2. The molecule has 4 heteroatoms. The van der Waals surface area contributed by atoms with Crippen LogP contribution in [0.4, 0.5) is 8.78 Å². The van der Waals surface area contributed by atoms with Crippen LogP contribution in [-0.4, -0.2) is 30.1 Å². The number of hydrogen-bond donors (Lipinski definition) is 1. The first-order chi connectivity index (χ1) is 9.41. The topological polar surface area (TPSA) is 15.3 Å². The smallest absolute Gasteiger partial charge is 0.159 e. The van der Waals surface area contributed by atoms with Gasteiger partial charge in [-0.1, -0.05) is 6.07 Å². The molecule has 2 nitrogen and oxygen atoms in total. The van der Waals surface area contributed by atoms with Crippen molar-refractivity contribution in [3.05, 3.63) is 35.4 Å². The largest absolute Gasteiger partial charge is 0.316 e. The van der Waals surface area contributed by atoms with E-state index in [1.807, 2.05) is 0 Å². The summed E-state index contributed by atoms with van der Waals surface area (Å²) in [5, 5.41) is 3.46. The lowest BCUT2D eigenvalue weighted by atomic mass is 9.84. The van der Waals surface area contributed by atoms with Crippen LogP contribution >= 0.6 is 0 Å². The summed E-state index contributed by atoms with van der Waals surface area (Å²) in [4.78, 5) is 2.44. The number of fused-ring (bicyclic) bond motifs is 1. The number of nitrogens with zero attached hydrogens (tertiary/aromatic N) is 1. The normalized spacial score (nSPS) is 30.4. The van der Waals surface area contributed by atoms with Crippen LogP contribution in [0.2, 0.25) is 0 Å². The minimum Gasteiger partial charge on any atom is -0.316 e. The average Bonchev–Trinajstić information content (AvgIpc) is 2.95. The molecule has 0 aromatic heterocycles. The first kappa shape index (κ1) is 14.0. The lowest BCUT2D eigenvalue weighted by Gasteiger charge is -2.40. The van der Waals surface area contributed by atoms with Gasteiger partial charge in [-0.3, -0.25) is 4.90 Å². The lowest BCUT2D eigenvalue weighted by Crippen LogP contribution is -2.45. The van der Waals surface area contributed by atoms with Gasteiger partial charge in [0.1, 0.15) is 0 Å². The zero-order valence-electron chi connectivity index (χ0n) is 12.3. The molecule has 0 saturated carbocycles. The second-order valence-corrected chi connectivity index (χ2v) is 6.68. The second kappa shape index (κ2) is 4.78. The van der Waals surface area contributed by atoms with Crippen LogP contribution in [0.15, 0.2) is 18.2 Å². The van der Waals surface area contributed by atoms with Gasteiger partial charge in [0.15, 0.2) is 11.6 Å². The van der Waals surface area contributed by atoms with Gasteiger partial charge in [0, 0.05) is 24.7 Å². The quantitative estimate of drug-likeness (QED) is 0.896. The van der Waals surface area contributed by atoms with E-state index in [1.54, 1.807) is 6.07 Å². The molecule has 1 aromatic rings. The molecule has 1 N–H and O–H groups in total. The van der Waals surface area contributed by atoms with E-state index < -0.39 is 11.6 Å². The van der Waals surface area contributed by atoms with Gasteiger partial charge in [-0.05, 0) is 56.8 Å². The molecule has 3 unspecified atom stereocenters. The van der Waals surface area contributed by atoms with Crippen LogP contribution < -0.4 is 5.32 Å². The molecule has 0 amide bonds. The Morgan fingerprint density at radius 1 is 1.25 bits per heavy atom. The monoisotopic (exact) mass is 280 g/mol. The summed E-state index contributed by atoms with van der Waals surface area (Å²) in [6.45, 7) is 9.75. The van der Waals surface area contributed by atoms with Crippen molar-refractivity contribution < 1.29 is 8.78 Å². The molecular weight excluding hydrogens is 258 g/mol. The summed E-state index contributed by atoms with van der Waals surface area (Å²) in [6, 6.07) is 4.37. The minimum atomic E-state index is -0.775. The lowest BCUT2D eigenvalue weighted by molar-refractivity contribution is 0.0968. The van der Waals surface area contributed by atoms with Crippen molar-refractivity contribution in [1.82, 2.24) is 10.2 Å². The summed E-state index contributed by atoms with van der Waals surface area (Å²) in [7, 11) is 0. The minimum absolute atomic E-state index is 0.0818. The van der Waals surface area contributed by atoms with Crippen molar-refractivity contribution in [2.45, 2.75) is 32.4 Å². The summed E-state index contributed by atoms with van der Waals surface area (Å²) >= 11 is 0. The van der Waals surface area contributed by atoms with Crippen molar-refractivity contribution in [2.24, 2.45) is 11.8 Å². The van der Waals surface area contributed by atoms with E-state index >= 15 is 0 Å². The molecule has 2 heterocycles. The van der Waals surface area contributed by atoms with Crippen molar-refractivity contribution in [3.8, 4) is 0 Å². The van der Waals surface area contributed by atoms with Crippen LogP contribution in [-0.2, 0) is 0 Å². The van der Waals surface area contributed by atoms with Crippen LogP contribution in [0.5, 0.6) is 0 Å². The number of likely N-dealkylation sites (tertiary alicyclic amines) is 1. The van der Waals surface area contributed by atoms with Crippen molar-refractivity contribution in [2.75, 3.05) is 19.6 Å². The van der Waals surface area contributed by atoms with Crippen LogP contribution in [0.1, 0.15) is 32.4 Å². The second-order valence-electron chi connectivity index (χ2n) is 6.68. The summed E-state index contributed by atoms with van der Waals surface area (Å²) < 4.78 is 26.5. The Hall–Kier alpha value is -1.00. The van der Waals surface area contributed by atoms with Gasteiger partial charge in [0.2, 0.25) is 0 Å². The molecule has 110 valence electrons. The fourth-order valence-corrected chi connectivity index (χ4v) is 4.06. The SMILES string of the molecule is CC(c1ccc(F)c(F)c1)N1CC2CNCC2C1(C)C.